The number of nitrogens with zero attached hydrogens (tertiary/aromatic N) is 1. The largest absolute Gasteiger partial charge is 0.220 e. The third-order valence-corrected chi connectivity index (χ3v) is 5.60. The van der Waals surface area contributed by atoms with Crippen LogP contribution < -0.4 is 4.57 Å². The monoisotopic (exact) mass is 366 g/mol. The van der Waals surface area contributed by atoms with Crippen LogP contribution in [0.4, 0.5) is 0 Å². The quantitative estimate of drug-likeness (QED) is 0.352. The highest BCUT2D eigenvalue weighted by atomic mass is 14.9. The van der Waals surface area contributed by atoms with E-state index in [1.165, 1.54) is 44.3 Å². The first-order valence-electron chi connectivity index (χ1n) is 9.94. The van der Waals surface area contributed by atoms with Gasteiger partial charge in [-0.1, -0.05) is 75.4 Å². The summed E-state index contributed by atoms with van der Waals surface area (Å²) in [6.07, 6.45) is 2.18. The van der Waals surface area contributed by atoms with Crippen molar-refractivity contribution >= 4 is 10.8 Å². The molecule has 1 nitrogen and oxygen atoms in total. The molecule has 0 radical (unpaired) electrons. The van der Waals surface area contributed by atoms with Crippen molar-refractivity contribution in [2.75, 3.05) is 0 Å². The highest BCUT2D eigenvalue weighted by molar-refractivity contribution is 5.94. The Morgan fingerprint density at radius 1 is 0.750 bits per heavy atom. The Bertz CT molecular complexity index is 1150. The molecule has 0 bridgehead atoms. The summed E-state index contributed by atoms with van der Waals surface area (Å²) in [7, 11) is 2.14. The van der Waals surface area contributed by atoms with E-state index in [4.69, 9.17) is 0 Å². The first kappa shape index (κ1) is 18.4. The second-order valence-electron chi connectivity index (χ2n) is 8.72. The highest BCUT2D eigenvalue weighted by Crippen LogP contribution is 2.33. The highest BCUT2D eigenvalue weighted by Gasteiger charge is 2.20. The van der Waals surface area contributed by atoms with Crippen LogP contribution in [-0.2, 0) is 12.5 Å². The lowest BCUT2D eigenvalue weighted by atomic mass is 9.85. The summed E-state index contributed by atoms with van der Waals surface area (Å²) in [5, 5.41) is 2.59. The molecule has 0 aliphatic heterocycles. The summed E-state index contributed by atoms with van der Waals surface area (Å²) in [4.78, 5) is 0. The fourth-order valence-electron chi connectivity index (χ4n) is 3.86. The first-order valence-corrected chi connectivity index (χ1v) is 9.94. The minimum atomic E-state index is 0.148. The lowest BCUT2D eigenvalue weighted by molar-refractivity contribution is -0.659. The van der Waals surface area contributed by atoms with Gasteiger partial charge in [-0.05, 0) is 52.1 Å². The smallest absolute Gasteiger partial charge is 0.200 e. The van der Waals surface area contributed by atoms with E-state index in [0.29, 0.717) is 0 Å². The van der Waals surface area contributed by atoms with E-state index in [-0.39, 0.29) is 5.41 Å². The van der Waals surface area contributed by atoms with Gasteiger partial charge in [-0.3, -0.25) is 0 Å². The van der Waals surface area contributed by atoms with Crippen molar-refractivity contribution in [2.24, 2.45) is 7.05 Å². The Morgan fingerprint density at radius 3 is 2.21 bits per heavy atom. The molecule has 0 atom stereocenters. The molecule has 4 aromatic rings. The van der Waals surface area contributed by atoms with Crippen LogP contribution >= 0.6 is 0 Å². The summed E-state index contributed by atoms with van der Waals surface area (Å²) in [5.41, 5.74) is 7.88. The standard InChI is InChI=1S/C27H28N/c1-19-11-12-21(20-9-7-6-8-10-20)18-25(19)26-24-14-13-23(27(2,3)4)17-22(24)15-16-28(26)5/h6-18H,1-5H3/q+1. The fourth-order valence-corrected chi connectivity index (χ4v) is 3.86. The molecule has 0 saturated carbocycles. The van der Waals surface area contributed by atoms with Crippen molar-refractivity contribution in [3.63, 3.8) is 0 Å². The summed E-state index contributed by atoms with van der Waals surface area (Å²) in [6.45, 7) is 9.01. The van der Waals surface area contributed by atoms with Crippen molar-refractivity contribution in [2.45, 2.75) is 33.1 Å². The summed E-state index contributed by atoms with van der Waals surface area (Å²) in [5.74, 6) is 0. The minimum absolute atomic E-state index is 0.148. The molecule has 28 heavy (non-hydrogen) atoms. The van der Waals surface area contributed by atoms with Crippen LogP contribution in [0, 0.1) is 6.92 Å². The van der Waals surface area contributed by atoms with E-state index in [2.05, 4.69) is 118 Å². The zero-order chi connectivity index (χ0) is 19.9. The maximum atomic E-state index is 2.34. The van der Waals surface area contributed by atoms with Gasteiger partial charge in [-0.2, -0.15) is 0 Å². The SMILES string of the molecule is Cc1ccc(-c2ccccc2)cc1-c1c2ccc(C(C)(C)C)cc2cc[n+]1C. The number of hydrogen-bond acceptors (Lipinski definition) is 0. The number of rotatable bonds is 2. The van der Waals surface area contributed by atoms with E-state index in [9.17, 15) is 0 Å². The number of benzene rings is 3. The predicted octanol–water partition coefficient (Wildman–Crippen LogP) is 6.60. The molecule has 4 rings (SSSR count). The molecule has 0 aliphatic rings. The van der Waals surface area contributed by atoms with Gasteiger partial charge in [-0.25, -0.2) is 4.57 Å². The van der Waals surface area contributed by atoms with E-state index < -0.39 is 0 Å². The Kier molecular flexibility index (Phi) is 4.55. The molecule has 0 amide bonds. The van der Waals surface area contributed by atoms with E-state index >= 15 is 0 Å². The number of hydrogen-bond donors (Lipinski definition) is 0. The van der Waals surface area contributed by atoms with Crippen LogP contribution in [0.5, 0.6) is 0 Å². The van der Waals surface area contributed by atoms with Gasteiger partial charge in [0, 0.05) is 6.07 Å². The Balaban J connectivity index is 1.95. The Morgan fingerprint density at radius 2 is 1.50 bits per heavy atom. The minimum Gasteiger partial charge on any atom is -0.200 e. The molecule has 0 spiro atoms. The average Bonchev–Trinajstić information content (AvgIpc) is 2.68. The number of aromatic nitrogens is 1. The normalized spacial score (nSPS) is 11.8. The predicted molar refractivity (Wildman–Crippen MR) is 119 cm³/mol. The molecule has 1 aromatic heterocycles. The fraction of sp³-hybridized carbons (Fsp3) is 0.222. The molecule has 0 aliphatic carbocycles. The van der Waals surface area contributed by atoms with Crippen LogP contribution in [0.25, 0.3) is 33.2 Å². The summed E-state index contributed by atoms with van der Waals surface area (Å²) in [6, 6.07) is 26.5. The van der Waals surface area contributed by atoms with Crippen molar-refractivity contribution in [3.05, 3.63) is 90.1 Å². The number of pyridine rings is 1. The molecule has 3 aromatic carbocycles. The molecule has 0 saturated heterocycles. The van der Waals surface area contributed by atoms with Crippen molar-refractivity contribution in [1.82, 2.24) is 0 Å². The van der Waals surface area contributed by atoms with Gasteiger partial charge in [0.25, 0.3) is 0 Å². The van der Waals surface area contributed by atoms with Crippen LogP contribution in [0.2, 0.25) is 0 Å². The van der Waals surface area contributed by atoms with Gasteiger partial charge >= 0.3 is 0 Å². The summed E-state index contributed by atoms with van der Waals surface area (Å²) < 4.78 is 2.25. The van der Waals surface area contributed by atoms with Crippen molar-refractivity contribution < 1.29 is 4.57 Å². The van der Waals surface area contributed by atoms with Gasteiger partial charge < -0.3 is 0 Å². The zero-order valence-corrected chi connectivity index (χ0v) is 17.5. The molecule has 1 heteroatoms. The Labute approximate surface area is 168 Å². The van der Waals surface area contributed by atoms with Crippen LogP contribution in [0.1, 0.15) is 31.9 Å². The number of fused-ring (bicyclic) bond motifs is 1. The lowest BCUT2D eigenvalue weighted by Crippen LogP contribution is -2.30. The van der Waals surface area contributed by atoms with E-state index in [1.54, 1.807) is 0 Å². The van der Waals surface area contributed by atoms with Crippen LogP contribution in [0.3, 0.4) is 0 Å². The molecular weight excluding hydrogens is 338 g/mol. The lowest BCUT2D eigenvalue weighted by Gasteiger charge is -2.19. The van der Waals surface area contributed by atoms with E-state index in [1.807, 2.05) is 0 Å². The average molecular weight is 367 g/mol. The second kappa shape index (κ2) is 6.91. The molecular formula is C27H28N+. The van der Waals surface area contributed by atoms with E-state index in [0.717, 1.165) is 0 Å². The van der Waals surface area contributed by atoms with Gasteiger partial charge in [0.15, 0.2) is 6.20 Å². The van der Waals surface area contributed by atoms with Gasteiger partial charge in [0.1, 0.15) is 7.05 Å². The first-order chi connectivity index (χ1) is 13.3. The van der Waals surface area contributed by atoms with Gasteiger partial charge in [-0.15, -0.1) is 0 Å². The van der Waals surface area contributed by atoms with Crippen molar-refractivity contribution in [1.29, 1.82) is 0 Å². The third-order valence-electron chi connectivity index (χ3n) is 5.60. The maximum Gasteiger partial charge on any atom is 0.220 e. The molecule has 1 heterocycles. The molecule has 140 valence electrons. The number of aryl methyl sites for hydroxylation is 2. The van der Waals surface area contributed by atoms with Crippen LogP contribution in [0.15, 0.2) is 79.0 Å². The second-order valence-corrected chi connectivity index (χ2v) is 8.72. The third kappa shape index (κ3) is 3.33. The topological polar surface area (TPSA) is 3.88 Å². The van der Waals surface area contributed by atoms with Gasteiger partial charge in [0.2, 0.25) is 5.69 Å². The molecule has 0 N–H and O–H groups in total. The van der Waals surface area contributed by atoms with Gasteiger partial charge in [0.05, 0.1) is 10.9 Å². The maximum absolute atomic E-state index is 2.34. The summed E-state index contributed by atoms with van der Waals surface area (Å²) >= 11 is 0. The van der Waals surface area contributed by atoms with Crippen LogP contribution in [-0.4, -0.2) is 0 Å². The Hall–Kier alpha value is -2.93. The van der Waals surface area contributed by atoms with Crippen molar-refractivity contribution in [3.8, 4) is 22.4 Å². The molecule has 0 unspecified atom stereocenters. The zero-order valence-electron chi connectivity index (χ0n) is 17.5. The molecule has 0 fully saturated rings.